The second-order valence-electron chi connectivity index (χ2n) is 2.72. The van der Waals surface area contributed by atoms with Crippen LogP contribution in [-0.4, -0.2) is 18.0 Å². The van der Waals surface area contributed by atoms with Gasteiger partial charge in [-0.05, 0) is 18.2 Å². The average molecular weight is 263 g/mol. The van der Waals surface area contributed by atoms with Gasteiger partial charge in [0, 0.05) is 22.8 Å². The summed E-state index contributed by atoms with van der Waals surface area (Å²) >= 11 is 11.5. The van der Waals surface area contributed by atoms with Crippen molar-refractivity contribution in [2.45, 2.75) is 0 Å². The Labute approximate surface area is 101 Å². The molecule has 16 heavy (non-hydrogen) atoms. The van der Waals surface area contributed by atoms with Crippen LogP contribution in [0, 0.1) is 10.1 Å². The number of hydrogen-bond donors (Lipinski definition) is 2. The van der Waals surface area contributed by atoms with Crippen molar-refractivity contribution in [2.24, 2.45) is 4.99 Å². The molecule has 0 radical (unpaired) electrons. The van der Waals surface area contributed by atoms with Crippen LogP contribution in [0.2, 0.25) is 10.0 Å². The lowest BCUT2D eigenvalue weighted by atomic mass is 10.3. The van der Waals surface area contributed by atoms with Gasteiger partial charge in [0.1, 0.15) is 0 Å². The van der Waals surface area contributed by atoms with Crippen molar-refractivity contribution in [3.8, 4) is 0 Å². The highest BCUT2D eigenvalue weighted by Crippen LogP contribution is 2.22. The lowest BCUT2D eigenvalue weighted by Crippen LogP contribution is -2.35. The molecule has 1 rings (SSSR count). The van der Waals surface area contributed by atoms with Crippen molar-refractivity contribution >= 4 is 34.8 Å². The van der Waals surface area contributed by atoms with Gasteiger partial charge >= 0.3 is 0 Å². The van der Waals surface area contributed by atoms with E-state index in [1.54, 1.807) is 18.2 Å². The summed E-state index contributed by atoms with van der Waals surface area (Å²) in [6.45, 7) is 0. The fourth-order valence-electron chi connectivity index (χ4n) is 0.983. The van der Waals surface area contributed by atoms with E-state index in [0.717, 1.165) is 0 Å². The van der Waals surface area contributed by atoms with E-state index in [4.69, 9.17) is 23.2 Å². The normalized spacial score (nSPS) is 11.1. The Morgan fingerprint density at radius 3 is 2.38 bits per heavy atom. The second-order valence-corrected chi connectivity index (χ2v) is 3.60. The van der Waals surface area contributed by atoms with Crippen LogP contribution in [0.5, 0.6) is 0 Å². The molecule has 0 fully saturated rings. The predicted octanol–water partition coefficient (Wildman–Crippen LogP) is 2.17. The highest BCUT2D eigenvalue weighted by Gasteiger charge is 2.05. The SMILES string of the molecule is C/N=C(/Nc1cc(Cl)cc(Cl)c1)N[N+](=O)[O-]. The number of rotatable bonds is 2. The number of nitro groups is 1. The minimum Gasteiger partial charge on any atom is -0.322 e. The van der Waals surface area contributed by atoms with Gasteiger partial charge in [-0.2, -0.15) is 0 Å². The van der Waals surface area contributed by atoms with Crippen LogP contribution < -0.4 is 10.7 Å². The molecule has 0 heterocycles. The Morgan fingerprint density at radius 1 is 1.38 bits per heavy atom. The molecule has 0 saturated heterocycles. The van der Waals surface area contributed by atoms with Gasteiger partial charge in [0.25, 0.3) is 5.96 Å². The summed E-state index contributed by atoms with van der Waals surface area (Å²) < 4.78 is 0. The first-order chi connectivity index (χ1) is 7.51. The van der Waals surface area contributed by atoms with Gasteiger partial charge < -0.3 is 5.32 Å². The highest BCUT2D eigenvalue weighted by molar-refractivity contribution is 6.35. The Hall–Kier alpha value is -1.53. The summed E-state index contributed by atoms with van der Waals surface area (Å²) in [5, 5.41) is 13.0. The van der Waals surface area contributed by atoms with Crippen LogP contribution in [0.25, 0.3) is 0 Å². The lowest BCUT2D eigenvalue weighted by molar-refractivity contribution is -0.525. The van der Waals surface area contributed by atoms with E-state index in [-0.39, 0.29) is 5.96 Å². The molecule has 0 unspecified atom stereocenters. The molecule has 86 valence electrons. The first-order valence-corrected chi connectivity index (χ1v) is 4.88. The van der Waals surface area contributed by atoms with E-state index in [2.05, 4.69) is 10.3 Å². The number of halogens is 2. The van der Waals surface area contributed by atoms with Crippen LogP contribution in [0.3, 0.4) is 0 Å². The predicted molar refractivity (Wildman–Crippen MR) is 63.6 cm³/mol. The zero-order valence-electron chi connectivity index (χ0n) is 8.20. The molecule has 0 bridgehead atoms. The van der Waals surface area contributed by atoms with Crippen LogP contribution in [0.4, 0.5) is 5.69 Å². The van der Waals surface area contributed by atoms with Gasteiger partial charge in [0.2, 0.25) is 0 Å². The molecule has 6 nitrogen and oxygen atoms in total. The van der Waals surface area contributed by atoms with Crippen molar-refractivity contribution in [3.63, 3.8) is 0 Å². The first-order valence-electron chi connectivity index (χ1n) is 4.12. The molecule has 0 amide bonds. The molecule has 1 aromatic rings. The van der Waals surface area contributed by atoms with Crippen molar-refractivity contribution in [3.05, 3.63) is 38.4 Å². The molecular formula is C8H8Cl2N4O2. The monoisotopic (exact) mass is 262 g/mol. The molecule has 0 aliphatic carbocycles. The van der Waals surface area contributed by atoms with Crippen LogP contribution >= 0.6 is 23.2 Å². The quantitative estimate of drug-likeness (QED) is 0.371. The molecule has 0 aromatic heterocycles. The molecule has 0 aliphatic heterocycles. The van der Waals surface area contributed by atoms with E-state index < -0.39 is 5.03 Å². The number of guanidine groups is 1. The van der Waals surface area contributed by atoms with Gasteiger partial charge in [-0.25, -0.2) is 10.1 Å². The van der Waals surface area contributed by atoms with Gasteiger partial charge in [-0.15, -0.1) is 0 Å². The largest absolute Gasteiger partial charge is 0.322 e. The number of anilines is 1. The number of aliphatic imine (C=N–C) groups is 1. The summed E-state index contributed by atoms with van der Waals surface area (Å²) in [4.78, 5) is 13.9. The van der Waals surface area contributed by atoms with Crippen molar-refractivity contribution in [1.82, 2.24) is 5.43 Å². The third-order valence-corrected chi connectivity index (χ3v) is 1.98. The summed E-state index contributed by atoms with van der Waals surface area (Å²) in [6, 6.07) is 4.69. The number of nitrogens with zero attached hydrogens (tertiary/aromatic N) is 2. The Kier molecular flexibility index (Phi) is 4.33. The highest BCUT2D eigenvalue weighted by atomic mass is 35.5. The molecule has 1 aromatic carbocycles. The average Bonchev–Trinajstić information content (AvgIpc) is 2.14. The molecule has 8 heteroatoms. The summed E-state index contributed by atoms with van der Waals surface area (Å²) in [5.74, 6) is -0.0108. The number of benzene rings is 1. The van der Waals surface area contributed by atoms with Gasteiger partial charge in [-0.3, -0.25) is 4.99 Å². The minimum absolute atomic E-state index is 0.0108. The summed E-state index contributed by atoms with van der Waals surface area (Å²) in [6.07, 6.45) is 0. The Morgan fingerprint density at radius 2 is 1.94 bits per heavy atom. The molecule has 0 aliphatic rings. The van der Waals surface area contributed by atoms with Crippen molar-refractivity contribution < 1.29 is 5.03 Å². The molecule has 2 N–H and O–H groups in total. The number of hydrogen-bond acceptors (Lipinski definition) is 3. The molecular weight excluding hydrogens is 255 g/mol. The Bertz CT molecular complexity index is 416. The third-order valence-electron chi connectivity index (χ3n) is 1.55. The molecule has 0 saturated carbocycles. The van der Waals surface area contributed by atoms with Crippen LogP contribution in [0.15, 0.2) is 23.2 Å². The van der Waals surface area contributed by atoms with Gasteiger partial charge in [-0.1, -0.05) is 28.6 Å². The number of nitrogens with one attached hydrogen (secondary N) is 2. The smallest absolute Gasteiger partial charge is 0.258 e. The lowest BCUT2D eigenvalue weighted by Gasteiger charge is -2.06. The second kappa shape index (κ2) is 5.53. The van der Waals surface area contributed by atoms with Crippen LogP contribution in [0.1, 0.15) is 0 Å². The zero-order valence-corrected chi connectivity index (χ0v) is 9.71. The van der Waals surface area contributed by atoms with Gasteiger partial charge in [0.05, 0.1) is 0 Å². The summed E-state index contributed by atoms with van der Waals surface area (Å²) in [7, 11) is 1.41. The van der Waals surface area contributed by atoms with E-state index in [1.165, 1.54) is 7.05 Å². The van der Waals surface area contributed by atoms with Crippen LogP contribution in [-0.2, 0) is 0 Å². The Balaban J connectivity index is 2.82. The third kappa shape index (κ3) is 3.92. The standard InChI is InChI=1S/C8H8Cl2N4O2/c1-11-8(13-14(15)16)12-7-3-5(9)2-6(10)4-7/h2-4H,1H3,(H2,11,12,13). The topological polar surface area (TPSA) is 79.6 Å². The minimum atomic E-state index is -0.721. The first kappa shape index (κ1) is 12.5. The number of hydrazine groups is 1. The fraction of sp³-hybridized carbons (Fsp3) is 0.125. The summed E-state index contributed by atoms with van der Waals surface area (Å²) in [5.41, 5.74) is 2.40. The van der Waals surface area contributed by atoms with E-state index in [9.17, 15) is 10.1 Å². The molecule has 0 atom stereocenters. The van der Waals surface area contributed by atoms with E-state index in [1.807, 2.05) is 5.43 Å². The van der Waals surface area contributed by atoms with Gasteiger partial charge in [0.15, 0.2) is 5.03 Å². The van der Waals surface area contributed by atoms with E-state index in [0.29, 0.717) is 15.7 Å². The maximum absolute atomic E-state index is 10.2. The zero-order chi connectivity index (χ0) is 12.1. The maximum Gasteiger partial charge on any atom is 0.258 e. The van der Waals surface area contributed by atoms with E-state index >= 15 is 0 Å². The van der Waals surface area contributed by atoms with Crippen molar-refractivity contribution in [1.29, 1.82) is 0 Å². The molecule has 0 spiro atoms. The van der Waals surface area contributed by atoms with Crippen molar-refractivity contribution in [2.75, 3.05) is 12.4 Å². The fourth-order valence-corrected chi connectivity index (χ4v) is 1.51. The maximum atomic E-state index is 10.2.